The second-order valence-electron chi connectivity index (χ2n) is 3.40. The average Bonchev–Trinajstić information content (AvgIpc) is 2.16. The number of carboxylic acid groups (broad SMARTS) is 1. The predicted molar refractivity (Wildman–Crippen MR) is 62.7 cm³/mol. The van der Waals surface area contributed by atoms with Crippen LogP contribution in [0.15, 0.2) is 22.7 Å². The molecule has 0 saturated heterocycles. The Hall–Kier alpha value is -0.870. The summed E-state index contributed by atoms with van der Waals surface area (Å²) in [6.45, 7) is 2.03. The first-order valence-corrected chi connectivity index (χ1v) is 5.59. The molecule has 82 valence electrons. The molecule has 0 saturated carbocycles. The smallest absolute Gasteiger partial charge is 0.305 e. The number of aryl methyl sites for hydroxylation is 1. The summed E-state index contributed by atoms with van der Waals surface area (Å²) >= 11 is 3.36. The minimum Gasteiger partial charge on any atom is -0.481 e. The minimum absolute atomic E-state index is 0.0382. The van der Waals surface area contributed by atoms with Gasteiger partial charge in [-0.25, -0.2) is 0 Å². The predicted octanol–water partition coefficient (Wildman–Crippen LogP) is 2.49. The summed E-state index contributed by atoms with van der Waals surface area (Å²) in [6.07, 6.45) is 0.819. The molecule has 1 unspecified atom stereocenters. The zero-order valence-corrected chi connectivity index (χ0v) is 10.1. The Labute approximate surface area is 97.4 Å². The van der Waals surface area contributed by atoms with E-state index in [-0.39, 0.29) is 6.42 Å². The molecule has 0 aromatic heterocycles. The van der Waals surface area contributed by atoms with Crippen LogP contribution in [0.3, 0.4) is 0 Å². The van der Waals surface area contributed by atoms with E-state index in [0.717, 1.165) is 22.0 Å². The van der Waals surface area contributed by atoms with Crippen LogP contribution >= 0.6 is 15.9 Å². The molecular formula is C11H14BrNO2. The number of carbonyl (C=O) groups is 1. The van der Waals surface area contributed by atoms with E-state index in [0.29, 0.717) is 0 Å². The second-order valence-corrected chi connectivity index (χ2v) is 4.32. The molecule has 0 amide bonds. The third kappa shape index (κ3) is 3.32. The van der Waals surface area contributed by atoms with Gasteiger partial charge in [-0.1, -0.05) is 28.9 Å². The molecule has 0 radical (unpaired) electrons. The summed E-state index contributed by atoms with van der Waals surface area (Å²) in [5, 5.41) is 8.69. The van der Waals surface area contributed by atoms with Crippen molar-refractivity contribution in [3.63, 3.8) is 0 Å². The normalized spacial score (nSPS) is 12.5. The van der Waals surface area contributed by atoms with E-state index < -0.39 is 12.0 Å². The SMILES string of the molecule is CCc1ccc(Br)cc1C(N)CC(=O)O. The van der Waals surface area contributed by atoms with Gasteiger partial charge in [-0.05, 0) is 29.7 Å². The number of rotatable bonds is 4. The molecule has 15 heavy (non-hydrogen) atoms. The molecule has 1 aromatic rings. The van der Waals surface area contributed by atoms with Crippen molar-refractivity contribution in [2.45, 2.75) is 25.8 Å². The van der Waals surface area contributed by atoms with E-state index >= 15 is 0 Å². The van der Waals surface area contributed by atoms with Gasteiger partial charge in [-0.2, -0.15) is 0 Å². The molecule has 3 nitrogen and oxygen atoms in total. The van der Waals surface area contributed by atoms with Crippen LogP contribution in [-0.4, -0.2) is 11.1 Å². The number of benzene rings is 1. The molecule has 0 aliphatic carbocycles. The van der Waals surface area contributed by atoms with Crippen molar-refractivity contribution in [1.82, 2.24) is 0 Å². The topological polar surface area (TPSA) is 63.3 Å². The van der Waals surface area contributed by atoms with Crippen LogP contribution < -0.4 is 5.73 Å². The molecule has 0 fully saturated rings. The largest absolute Gasteiger partial charge is 0.481 e. The fourth-order valence-electron chi connectivity index (χ4n) is 1.53. The third-order valence-corrected chi connectivity index (χ3v) is 2.78. The van der Waals surface area contributed by atoms with Gasteiger partial charge in [0.25, 0.3) is 0 Å². The van der Waals surface area contributed by atoms with Gasteiger partial charge < -0.3 is 10.8 Å². The highest BCUT2D eigenvalue weighted by atomic mass is 79.9. The highest BCUT2D eigenvalue weighted by molar-refractivity contribution is 9.10. The molecule has 4 heteroatoms. The molecule has 0 aliphatic rings. The number of aliphatic carboxylic acids is 1. The Kier molecular flexibility index (Phi) is 4.29. The summed E-state index contributed by atoms with van der Waals surface area (Å²) < 4.78 is 0.926. The van der Waals surface area contributed by atoms with E-state index in [1.54, 1.807) is 0 Å². The van der Waals surface area contributed by atoms with Crippen molar-refractivity contribution in [1.29, 1.82) is 0 Å². The quantitative estimate of drug-likeness (QED) is 0.885. The first kappa shape index (κ1) is 12.2. The van der Waals surface area contributed by atoms with Crippen LogP contribution in [0.4, 0.5) is 0 Å². The van der Waals surface area contributed by atoms with Crippen molar-refractivity contribution < 1.29 is 9.90 Å². The lowest BCUT2D eigenvalue weighted by atomic mass is 9.97. The molecule has 0 heterocycles. The molecule has 0 bridgehead atoms. The van der Waals surface area contributed by atoms with Crippen LogP contribution in [0.1, 0.15) is 30.5 Å². The summed E-state index contributed by atoms with van der Waals surface area (Å²) in [6, 6.07) is 5.37. The Morgan fingerprint density at radius 1 is 1.60 bits per heavy atom. The average molecular weight is 272 g/mol. The number of hydrogen-bond donors (Lipinski definition) is 2. The van der Waals surface area contributed by atoms with Crippen LogP contribution in [0.2, 0.25) is 0 Å². The van der Waals surface area contributed by atoms with Gasteiger partial charge in [-0.3, -0.25) is 4.79 Å². The third-order valence-electron chi connectivity index (χ3n) is 2.28. The summed E-state index contributed by atoms with van der Waals surface area (Å²) in [5.74, 6) is -0.871. The Morgan fingerprint density at radius 2 is 2.27 bits per heavy atom. The number of nitrogens with two attached hydrogens (primary N) is 1. The van der Waals surface area contributed by atoms with Crippen LogP contribution in [0, 0.1) is 0 Å². The standard InChI is InChI=1S/C11H14BrNO2/c1-2-7-3-4-8(12)5-9(7)10(13)6-11(14)15/h3-5,10H,2,6,13H2,1H3,(H,14,15). The van der Waals surface area contributed by atoms with Crippen molar-refractivity contribution in [2.75, 3.05) is 0 Å². The lowest BCUT2D eigenvalue weighted by molar-refractivity contribution is -0.137. The highest BCUT2D eigenvalue weighted by Gasteiger charge is 2.13. The van der Waals surface area contributed by atoms with Gasteiger partial charge in [0.1, 0.15) is 0 Å². The zero-order chi connectivity index (χ0) is 11.4. The van der Waals surface area contributed by atoms with E-state index in [4.69, 9.17) is 10.8 Å². The summed E-state index contributed by atoms with van der Waals surface area (Å²) in [5.41, 5.74) is 7.85. The molecule has 0 aliphatic heterocycles. The van der Waals surface area contributed by atoms with Crippen LogP contribution in [0.25, 0.3) is 0 Å². The molecule has 1 aromatic carbocycles. The second kappa shape index (κ2) is 5.28. The number of halogens is 1. The monoisotopic (exact) mass is 271 g/mol. The Bertz CT molecular complexity index is 366. The van der Waals surface area contributed by atoms with E-state index in [2.05, 4.69) is 15.9 Å². The molecule has 1 rings (SSSR count). The first-order chi connectivity index (χ1) is 7.04. The molecule has 3 N–H and O–H groups in total. The van der Waals surface area contributed by atoms with Gasteiger partial charge in [0.05, 0.1) is 6.42 Å². The van der Waals surface area contributed by atoms with Gasteiger partial charge in [0, 0.05) is 10.5 Å². The molecule has 0 spiro atoms. The Balaban J connectivity index is 2.99. The number of carboxylic acids is 1. The van der Waals surface area contributed by atoms with E-state index in [1.165, 1.54) is 0 Å². The minimum atomic E-state index is -0.871. The van der Waals surface area contributed by atoms with Gasteiger partial charge in [0.15, 0.2) is 0 Å². The fraction of sp³-hybridized carbons (Fsp3) is 0.364. The lowest BCUT2D eigenvalue weighted by Gasteiger charge is -2.14. The van der Waals surface area contributed by atoms with Gasteiger partial charge in [-0.15, -0.1) is 0 Å². The van der Waals surface area contributed by atoms with E-state index in [1.807, 2.05) is 25.1 Å². The zero-order valence-electron chi connectivity index (χ0n) is 8.53. The summed E-state index contributed by atoms with van der Waals surface area (Å²) in [7, 11) is 0. The molecule has 1 atom stereocenters. The van der Waals surface area contributed by atoms with Crippen molar-refractivity contribution in [2.24, 2.45) is 5.73 Å². The van der Waals surface area contributed by atoms with Crippen LogP contribution in [-0.2, 0) is 11.2 Å². The maximum atomic E-state index is 10.6. The Morgan fingerprint density at radius 3 is 2.80 bits per heavy atom. The van der Waals surface area contributed by atoms with Gasteiger partial charge >= 0.3 is 5.97 Å². The van der Waals surface area contributed by atoms with Crippen molar-refractivity contribution in [3.05, 3.63) is 33.8 Å². The maximum absolute atomic E-state index is 10.6. The fourth-order valence-corrected chi connectivity index (χ4v) is 1.91. The number of hydrogen-bond acceptors (Lipinski definition) is 2. The lowest BCUT2D eigenvalue weighted by Crippen LogP contribution is -2.16. The first-order valence-electron chi connectivity index (χ1n) is 4.80. The maximum Gasteiger partial charge on any atom is 0.305 e. The van der Waals surface area contributed by atoms with Crippen molar-refractivity contribution >= 4 is 21.9 Å². The highest BCUT2D eigenvalue weighted by Crippen LogP contribution is 2.23. The van der Waals surface area contributed by atoms with Gasteiger partial charge in [0.2, 0.25) is 0 Å². The van der Waals surface area contributed by atoms with E-state index in [9.17, 15) is 4.79 Å². The summed E-state index contributed by atoms with van der Waals surface area (Å²) in [4.78, 5) is 10.6. The van der Waals surface area contributed by atoms with Crippen molar-refractivity contribution in [3.8, 4) is 0 Å². The van der Waals surface area contributed by atoms with Crippen LogP contribution in [0.5, 0.6) is 0 Å². The molecular weight excluding hydrogens is 258 g/mol.